The van der Waals surface area contributed by atoms with Crippen molar-refractivity contribution in [3.05, 3.63) is 63.8 Å². The van der Waals surface area contributed by atoms with Crippen molar-refractivity contribution in [1.29, 1.82) is 0 Å². The molecule has 11 heteroatoms. The summed E-state index contributed by atoms with van der Waals surface area (Å²) in [6.45, 7) is 0.309. The molecule has 37 heavy (non-hydrogen) atoms. The van der Waals surface area contributed by atoms with E-state index in [0.717, 1.165) is 38.9 Å². The fourth-order valence-electron chi connectivity index (χ4n) is 4.11. The molecule has 0 saturated heterocycles. The van der Waals surface area contributed by atoms with E-state index in [4.69, 9.17) is 4.74 Å². The first-order valence-corrected chi connectivity index (χ1v) is 12.6. The third kappa shape index (κ3) is 4.94. The van der Waals surface area contributed by atoms with E-state index in [1.807, 2.05) is 18.2 Å². The van der Waals surface area contributed by atoms with E-state index in [2.05, 4.69) is 10.3 Å². The number of carbonyl (C=O) groups excluding carboxylic acids is 1. The molecule has 5 rings (SSSR count). The normalized spacial score (nSPS) is 13.6. The predicted octanol–water partition coefficient (Wildman–Crippen LogP) is 3.61. The molecular formula is C26H23N3O7S. The number of carbonyl (C=O) groups is 3. The van der Waals surface area contributed by atoms with Gasteiger partial charge in [0.15, 0.2) is 11.2 Å². The molecule has 4 aromatic rings. The van der Waals surface area contributed by atoms with Crippen LogP contribution in [0.1, 0.15) is 35.4 Å². The lowest BCUT2D eigenvalue weighted by Gasteiger charge is -2.24. The Labute approximate surface area is 214 Å². The smallest absolute Gasteiger partial charge is 0.321 e. The van der Waals surface area contributed by atoms with E-state index in [9.17, 15) is 29.4 Å². The SMILES string of the molecule is O=C(CC(CCn1nnc2ccccc2c1=O)(C(=O)O)C(=O)O)c1cc2ccc(OCC3CC3)cc2s1. The Bertz CT molecular complexity index is 1570. The first-order chi connectivity index (χ1) is 17.8. The van der Waals surface area contributed by atoms with Crippen LogP contribution in [-0.2, 0) is 16.1 Å². The van der Waals surface area contributed by atoms with Gasteiger partial charge >= 0.3 is 11.9 Å². The zero-order valence-electron chi connectivity index (χ0n) is 19.6. The van der Waals surface area contributed by atoms with Crippen molar-refractivity contribution in [2.45, 2.75) is 32.2 Å². The molecule has 1 aliphatic rings. The van der Waals surface area contributed by atoms with Crippen molar-refractivity contribution in [3.8, 4) is 5.75 Å². The molecular weight excluding hydrogens is 498 g/mol. The highest BCUT2D eigenvalue weighted by Crippen LogP contribution is 2.35. The highest BCUT2D eigenvalue weighted by atomic mass is 32.1. The highest BCUT2D eigenvalue weighted by molar-refractivity contribution is 7.20. The first kappa shape index (κ1) is 24.6. The lowest BCUT2D eigenvalue weighted by Crippen LogP contribution is -2.43. The number of ketones is 1. The van der Waals surface area contributed by atoms with Gasteiger partial charge in [-0.15, -0.1) is 16.4 Å². The Kier molecular flexibility index (Phi) is 6.46. The number of ether oxygens (including phenoxy) is 1. The Morgan fingerprint density at radius 1 is 1.08 bits per heavy atom. The fourth-order valence-corrected chi connectivity index (χ4v) is 5.14. The van der Waals surface area contributed by atoms with Gasteiger partial charge in [-0.2, -0.15) is 0 Å². The topological polar surface area (TPSA) is 149 Å². The summed E-state index contributed by atoms with van der Waals surface area (Å²) in [5, 5.41) is 28.6. The number of aromatic nitrogens is 3. The van der Waals surface area contributed by atoms with Crippen LogP contribution in [-0.4, -0.2) is 49.5 Å². The average Bonchev–Trinajstić information content (AvgIpc) is 3.62. The molecule has 1 fully saturated rings. The average molecular weight is 522 g/mol. The monoisotopic (exact) mass is 521 g/mol. The Morgan fingerprint density at radius 3 is 2.57 bits per heavy atom. The number of rotatable bonds is 11. The van der Waals surface area contributed by atoms with E-state index in [1.165, 1.54) is 0 Å². The number of carboxylic acid groups (broad SMARTS) is 2. The van der Waals surface area contributed by atoms with Gasteiger partial charge in [-0.1, -0.05) is 17.3 Å². The molecule has 2 heterocycles. The van der Waals surface area contributed by atoms with Crippen molar-refractivity contribution < 1.29 is 29.3 Å². The van der Waals surface area contributed by atoms with Gasteiger partial charge in [0.1, 0.15) is 11.3 Å². The van der Waals surface area contributed by atoms with Gasteiger partial charge in [-0.3, -0.25) is 19.2 Å². The largest absolute Gasteiger partial charge is 0.493 e. The molecule has 10 nitrogen and oxygen atoms in total. The Balaban J connectivity index is 1.37. The molecule has 2 aromatic carbocycles. The summed E-state index contributed by atoms with van der Waals surface area (Å²) in [5.41, 5.74) is -2.60. The van der Waals surface area contributed by atoms with Crippen LogP contribution in [0.2, 0.25) is 0 Å². The molecule has 1 saturated carbocycles. The van der Waals surface area contributed by atoms with Crippen molar-refractivity contribution >= 4 is 50.0 Å². The maximum atomic E-state index is 13.2. The van der Waals surface area contributed by atoms with Crippen LogP contribution in [0.25, 0.3) is 21.0 Å². The van der Waals surface area contributed by atoms with E-state index >= 15 is 0 Å². The number of aliphatic carboxylic acids is 2. The van der Waals surface area contributed by atoms with Crippen LogP contribution in [0.5, 0.6) is 5.75 Å². The van der Waals surface area contributed by atoms with E-state index in [1.54, 1.807) is 30.3 Å². The summed E-state index contributed by atoms with van der Waals surface area (Å²) in [6, 6.07) is 13.6. The Hall–Kier alpha value is -4.12. The molecule has 1 aliphatic carbocycles. The third-order valence-corrected chi connectivity index (χ3v) is 7.75. The van der Waals surface area contributed by atoms with Crippen LogP contribution < -0.4 is 10.3 Å². The van der Waals surface area contributed by atoms with Crippen molar-refractivity contribution in [2.75, 3.05) is 6.61 Å². The molecule has 190 valence electrons. The summed E-state index contributed by atoms with van der Waals surface area (Å²) < 4.78 is 7.50. The first-order valence-electron chi connectivity index (χ1n) is 11.8. The number of nitrogens with zero attached hydrogens (tertiary/aromatic N) is 3. The number of carboxylic acids is 2. The van der Waals surface area contributed by atoms with E-state index in [-0.39, 0.29) is 16.8 Å². The molecule has 0 spiro atoms. The second-order valence-corrected chi connectivity index (χ2v) is 10.3. The number of aryl methyl sites for hydroxylation is 1. The van der Waals surface area contributed by atoms with Crippen LogP contribution in [0, 0.1) is 11.3 Å². The standard InChI is InChI=1S/C26H23N3O7S/c30-20(22-11-16-7-8-17(12-21(16)37-22)36-14-15-5-6-15)13-26(24(32)33,25(34)35)9-10-29-23(31)18-3-1-2-4-19(18)27-28-29/h1-4,7-8,11-12,15H,5-6,9-10,13-14H2,(H,32,33)(H,34,35). The van der Waals surface area contributed by atoms with Crippen molar-refractivity contribution in [1.82, 2.24) is 15.0 Å². The molecule has 0 radical (unpaired) electrons. The maximum absolute atomic E-state index is 13.2. The summed E-state index contributed by atoms with van der Waals surface area (Å²) >= 11 is 1.16. The predicted molar refractivity (Wildman–Crippen MR) is 135 cm³/mol. The zero-order valence-corrected chi connectivity index (χ0v) is 20.4. The summed E-state index contributed by atoms with van der Waals surface area (Å²) in [6.07, 6.45) is 1.03. The van der Waals surface area contributed by atoms with Gasteiger partial charge in [0.2, 0.25) is 0 Å². The fraction of sp³-hybridized carbons (Fsp3) is 0.308. The molecule has 0 unspecified atom stereocenters. The summed E-state index contributed by atoms with van der Waals surface area (Å²) in [4.78, 5) is 50.6. The molecule has 0 aliphatic heterocycles. The van der Waals surface area contributed by atoms with Crippen molar-refractivity contribution in [2.24, 2.45) is 11.3 Å². The lowest BCUT2D eigenvalue weighted by atomic mass is 9.79. The van der Waals surface area contributed by atoms with Gasteiger partial charge in [0.25, 0.3) is 5.56 Å². The van der Waals surface area contributed by atoms with Crippen LogP contribution in [0.4, 0.5) is 0 Å². The minimum Gasteiger partial charge on any atom is -0.493 e. The van der Waals surface area contributed by atoms with Crippen LogP contribution in [0.15, 0.2) is 53.3 Å². The number of thiophene rings is 1. The van der Waals surface area contributed by atoms with Gasteiger partial charge in [0, 0.05) is 17.7 Å². The number of hydrogen-bond donors (Lipinski definition) is 2. The number of Topliss-reactive ketones (excluding diaryl/α,β-unsaturated/α-hetero) is 1. The summed E-state index contributed by atoms with van der Waals surface area (Å²) in [5.74, 6) is -2.65. The van der Waals surface area contributed by atoms with Gasteiger partial charge in [-0.25, -0.2) is 4.68 Å². The number of benzene rings is 2. The Morgan fingerprint density at radius 2 is 1.84 bits per heavy atom. The second-order valence-electron chi connectivity index (χ2n) is 9.24. The highest BCUT2D eigenvalue weighted by Gasteiger charge is 2.48. The number of hydrogen-bond acceptors (Lipinski definition) is 8. The quantitative estimate of drug-likeness (QED) is 0.223. The van der Waals surface area contributed by atoms with Gasteiger partial charge in [0.05, 0.1) is 16.9 Å². The van der Waals surface area contributed by atoms with E-state index in [0.29, 0.717) is 23.8 Å². The zero-order chi connectivity index (χ0) is 26.2. The van der Waals surface area contributed by atoms with Crippen molar-refractivity contribution in [3.63, 3.8) is 0 Å². The van der Waals surface area contributed by atoms with Crippen LogP contribution in [0.3, 0.4) is 0 Å². The summed E-state index contributed by atoms with van der Waals surface area (Å²) in [7, 11) is 0. The van der Waals surface area contributed by atoms with Crippen LogP contribution >= 0.6 is 11.3 Å². The molecule has 0 atom stereocenters. The maximum Gasteiger partial charge on any atom is 0.321 e. The molecule has 0 amide bonds. The third-order valence-electron chi connectivity index (χ3n) is 6.61. The number of fused-ring (bicyclic) bond motifs is 2. The van der Waals surface area contributed by atoms with Gasteiger partial charge in [-0.05, 0) is 67.0 Å². The minimum absolute atomic E-state index is 0.254. The minimum atomic E-state index is -2.45. The molecule has 2 aromatic heterocycles. The second kappa shape index (κ2) is 9.74. The van der Waals surface area contributed by atoms with E-state index < -0.39 is 41.5 Å². The molecule has 2 N–H and O–H groups in total. The molecule has 0 bridgehead atoms. The van der Waals surface area contributed by atoms with Gasteiger partial charge < -0.3 is 14.9 Å². The lowest BCUT2D eigenvalue weighted by molar-refractivity contribution is -0.165.